The van der Waals surface area contributed by atoms with Gasteiger partial charge in [-0.1, -0.05) is 17.7 Å². The topological polar surface area (TPSA) is 100 Å². The van der Waals surface area contributed by atoms with Gasteiger partial charge in [-0.15, -0.1) is 22.0 Å². The number of nitrogens with one attached hydrogen (secondary N) is 2. The molecule has 3 heterocycles. The number of rotatable bonds is 8. The number of nitrogens with zero attached hydrogens (tertiary/aromatic N) is 4. The van der Waals surface area contributed by atoms with Crippen LogP contribution in [0.5, 0.6) is 0 Å². The largest absolute Gasteiger partial charge is 0.323 e. The van der Waals surface area contributed by atoms with E-state index in [0.29, 0.717) is 18.2 Å². The van der Waals surface area contributed by atoms with Crippen LogP contribution in [0.2, 0.25) is 0 Å². The molecule has 2 aliphatic heterocycles. The number of hydrogen-bond acceptors (Lipinski definition) is 8. The number of fused-ring (bicyclic) bond motifs is 1. The van der Waals surface area contributed by atoms with Crippen LogP contribution in [0.4, 0.5) is 11.6 Å². The Labute approximate surface area is 214 Å². The van der Waals surface area contributed by atoms with Gasteiger partial charge in [0.15, 0.2) is 0 Å². The van der Waals surface area contributed by atoms with Crippen LogP contribution in [-0.4, -0.2) is 54.7 Å². The van der Waals surface area contributed by atoms with Gasteiger partial charge in [-0.25, -0.2) is 18.1 Å². The van der Waals surface area contributed by atoms with E-state index in [1.54, 1.807) is 36.0 Å². The van der Waals surface area contributed by atoms with Crippen molar-refractivity contribution in [3.8, 4) is 0 Å². The first-order chi connectivity index (χ1) is 16.9. The molecule has 2 N–H and O–H groups in total. The highest BCUT2D eigenvalue weighted by atomic mass is 35.5. The molecule has 0 aliphatic carbocycles. The normalized spacial score (nSPS) is 18.8. The molecule has 184 valence electrons. The van der Waals surface area contributed by atoms with Crippen LogP contribution in [0, 0.1) is 6.92 Å². The molecule has 35 heavy (non-hydrogen) atoms. The minimum Gasteiger partial charge on any atom is -0.323 e. The summed E-state index contributed by atoms with van der Waals surface area (Å²) in [6.07, 6.45) is 5.31. The van der Waals surface area contributed by atoms with Crippen LogP contribution in [0.25, 0.3) is 11.0 Å². The fraction of sp³-hybridized carbons (Fsp3) is 0.375. The van der Waals surface area contributed by atoms with Gasteiger partial charge in [0, 0.05) is 24.0 Å². The van der Waals surface area contributed by atoms with Crippen molar-refractivity contribution in [2.45, 2.75) is 36.3 Å². The molecule has 1 aromatic heterocycles. The van der Waals surface area contributed by atoms with E-state index in [4.69, 9.17) is 11.6 Å². The van der Waals surface area contributed by atoms with Gasteiger partial charge >= 0.3 is 0 Å². The number of benzene rings is 2. The summed E-state index contributed by atoms with van der Waals surface area (Å²) in [4.78, 5) is 7.10. The summed E-state index contributed by atoms with van der Waals surface area (Å²) < 4.78 is 28.7. The molecule has 0 spiro atoms. The summed E-state index contributed by atoms with van der Waals surface area (Å²) in [5.74, 6) is 0.351. The lowest BCUT2D eigenvalue weighted by molar-refractivity contribution is 0.344. The van der Waals surface area contributed by atoms with Crippen LogP contribution in [-0.2, 0) is 10.0 Å². The van der Waals surface area contributed by atoms with Crippen molar-refractivity contribution in [2.75, 3.05) is 31.5 Å². The SMILES string of the molecule is Cc1cc2nc(Nc3ccc(S(=O)(=O)NCCN4CCCC4)cc3)nnc2cc1C1CC=C(Cl)S1. The van der Waals surface area contributed by atoms with Crippen LogP contribution >= 0.6 is 23.4 Å². The quantitative estimate of drug-likeness (QED) is 0.432. The Morgan fingerprint density at radius 2 is 1.89 bits per heavy atom. The van der Waals surface area contributed by atoms with E-state index in [1.807, 2.05) is 18.2 Å². The molecule has 11 heteroatoms. The number of allylic oxidation sites excluding steroid dienone is 1. The Balaban J connectivity index is 1.24. The molecule has 5 rings (SSSR count). The summed E-state index contributed by atoms with van der Waals surface area (Å²) in [6, 6.07) is 10.6. The molecule has 0 saturated carbocycles. The van der Waals surface area contributed by atoms with E-state index >= 15 is 0 Å². The lowest BCUT2D eigenvalue weighted by Gasteiger charge is -2.15. The molecular formula is C24H27ClN6O2S2. The van der Waals surface area contributed by atoms with Crippen LogP contribution in [0.15, 0.2) is 51.7 Å². The fourth-order valence-corrected chi connectivity index (χ4v) is 6.87. The molecule has 1 atom stereocenters. The van der Waals surface area contributed by atoms with Crippen molar-refractivity contribution in [3.63, 3.8) is 0 Å². The average Bonchev–Trinajstić information content (AvgIpc) is 3.51. The minimum atomic E-state index is -3.55. The number of aryl methyl sites for hydroxylation is 1. The van der Waals surface area contributed by atoms with Crippen molar-refractivity contribution in [3.05, 3.63) is 58.0 Å². The molecule has 1 fully saturated rings. The molecule has 3 aromatic rings. The van der Waals surface area contributed by atoms with Gasteiger partial charge in [0.25, 0.3) is 0 Å². The minimum absolute atomic E-state index is 0.226. The maximum atomic E-state index is 12.6. The van der Waals surface area contributed by atoms with Gasteiger partial charge in [0.05, 0.1) is 14.8 Å². The number of sulfonamides is 1. The van der Waals surface area contributed by atoms with E-state index in [-0.39, 0.29) is 10.1 Å². The number of likely N-dealkylation sites (tertiary alicyclic amines) is 1. The van der Waals surface area contributed by atoms with Crippen molar-refractivity contribution in [1.82, 2.24) is 24.8 Å². The van der Waals surface area contributed by atoms with Crippen molar-refractivity contribution < 1.29 is 8.42 Å². The third kappa shape index (κ3) is 5.78. The predicted molar refractivity (Wildman–Crippen MR) is 142 cm³/mol. The van der Waals surface area contributed by atoms with Crippen LogP contribution < -0.4 is 10.0 Å². The third-order valence-corrected chi connectivity index (χ3v) is 9.30. The Morgan fingerprint density at radius 1 is 1.11 bits per heavy atom. The third-order valence-electron chi connectivity index (χ3n) is 6.28. The first-order valence-corrected chi connectivity index (χ1v) is 14.4. The van der Waals surface area contributed by atoms with Crippen LogP contribution in [0.1, 0.15) is 35.6 Å². The summed E-state index contributed by atoms with van der Waals surface area (Å²) in [5.41, 5.74) is 4.47. The first-order valence-electron chi connectivity index (χ1n) is 11.6. The molecular weight excluding hydrogens is 504 g/mol. The molecule has 2 aliphatic rings. The van der Waals surface area contributed by atoms with E-state index in [2.05, 4.69) is 37.0 Å². The van der Waals surface area contributed by atoms with E-state index in [0.717, 1.165) is 47.0 Å². The molecule has 0 bridgehead atoms. The van der Waals surface area contributed by atoms with Gasteiger partial charge < -0.3 is 10.2 Å². The van der Waals surface area contributed by atoms with Crippen molar-refractivity contribution >= 4 is 56.1 Å². The van der Waals surface area contributed by atoms with Crippen molar-refractivity contribution in [2.24, 2.45) is 0 Å². The second-order valence-electron chi connectivity index (χ2n) is 8.78. The fourth-order valence-electron chi connectivity index (χ4n) is 4.40. The highest BCUT2D eigenvalue weighted by molar-refractivity contribution is 8.05. The maximum Gasteiger partial charge on any atom is 0.247 e. The Hall–Kier alpha value is -2.24. The Kier molecular flexibility index (Phi) is 7.26. The summed E-state index contributed by atoms with van der Waals surface area (Å²) in [5, 5.41) is 12.0. The van der Waals surface area contributed by atoms with Gasteiger partial charge in [0.2, 0.25) is 16.0 Å². The van der Waals surface area contributed by atoms with Crippen LogP contribution in [0.3, 0.4) is 0 Å². The second-order valence-corrected chi connectivity index (χ2v) is 12.4. The zero-order chi connectivity index (χ0) is 24.4. The number of anilines is 2. The molecule has 2 aromatic carbocycles. The maximum absolute atomic E-state index is 12.6. The van der Waals surface area contributed by atoms with Gasteiger partial charge in [-0.3, -0.25) is 0 Å². The molecule has 0 radical (unpaired) electrons. The lowest BCUT2D eigenvalue weighted by Crippen LogP contribution is -2.33. The Bertz CT molecular complexity index is 1360. The first kappa shape index (κ1) is 24.5. The highest BCUT2D eigenvalue weighted by Gasteiger charge is 2.21. The monoisotopic (exact) mass is 530 g/mol. The molecule has 8 nitrogen and oxygen atoms in total. The zero-order valence-corrected chi connectivity index (χ0v) is 21.8. The summed E-state index contributed by atoms with van der Waals surface area (Å²) in [6.45, 7) is 5.29. The van der Waals surface area contributed by atoms with E-state index in [9.17, 15) is 8.42 Å². The molecule has 1 saturated heterocycles. The van der Waals surface area contributed by atoms with E-state index < -0.39 is 10.0 Å². The summed E-state index contributed by atoms with van der Waals surface area (Å²) >= 11 is 7.80. The average molecular weight is 531 g/mol. The van der Waals surface area contributed by atoms with E-state index in [1.165, 1.54) is 18.4 Å². The number of halogens is 1. The lowest BCUT2D eigenvalue weighted by atomic mass is 10.0. The molecule has 0 amide bonds. The molecule has 1 unspecified atom stereocenters. The van der Waals surface area contributed by atoms with Gasteiger partial charge in [-0.05, 0) is 86.8 Å². The number of thioether (sulfide) groups is 1. The van der Waals surface area contributed by atoms with Gasteiger partial charge in [-0.2, -0.15) is 0 Å². The smallest absolute Gasteiger partial charge is 0.247 e. The Morgan fingerprint density at radius 3 is 2.60 bits per heavy atom. The number of hydrogen-bond donors (Lipinski definition) is 2. The predicted octanol–water partition coefficient (Wildman–Crippen LogP) is 4.71. The zero-order valence-electron chi connectivity index (χ0n) is 19.4. The summed E-state index contributed by atoms with van der Waals surface area (Å²) in [7, 11) is -3.55. The highest BCUT2D eigenvalue weighted by Crippen LogP contribution is 2.46. The number of aromatic nitrogens is 3. The van der Waals surface area contributed by atoms with Gasteiger partial charge in [0.1, 0.15) is 5.52 Å². The standard InChI is InChI=1S/C24H27ClN6O2S2/c1-16-14-20-21(15-19(16)22-8-9-23(25)34-22)29-30-24(28-20)27-17-4-6-18(7-5-17)35(32,33)26-10-13-31-11-2-3-12-31/h4-7,9,14-15,22,26H,2-3,8,10-13H2,1H3,(H,27,28,30). The van der Waals surface area contributed by atoms with Crippen molar-refractivity contribution in [1.29, 1.82) is 0 Å². The second kappa shape index (κ2) is 10.4.